The molecule has 10 heteroatoms. The van der Waals surface area contributed by atoms with Crippen molar-refractivity contribution in [1.29, 1.82) is 0 Å². The summed E-state index contributed by atoms with van der Waals surface area (Å²) in [6.07, 6.45) is 4.17. The normalized spacial score (nSPS) is 19.8. The third-order valence-corrected chi connectivity index (χ3v) is 7.71. The summed E-state index contributed by atoms with van der Waals surface area (Å²) in [5.74, 6) is -1.69. The number of nitrogens with one attached hydrogen (secondary N) is 2. The number of nitrogens with zero attached hydrogens (tertiary/aromatic N) is 2. The lowest BCUT2D eigenvalue weighted by Crippen LogP contribution is -2.52. The summed E-state index contributed by atoms with van der Waals surface area (Å²) in [7, 11) is 1.29. The summed E-state index contributed by atoms with van der Waals surface area (Å²) in [4.78, 5) is 41.3. The summed E-state index contributed by atoms with van der Waals surface area (Å²) in [6, 6.07) is 14.0. The Labute approximate surface area is 222 Å². The van der Waals surface area contributed by atoms with Gasteiger partial charge < -0.3 is 19.1 Å². The van der Waals surface area contributed by atoms with Crippen molar-refractivity contribution in [3.63, 3.8) is 0 Å². The van der Waals surface area contributed by atoms with Crippen LogP contribution in [0, 0.1) is 0 Å². The number of piperazine rings is 1. The van der Waals surface area contributed by atoms with Gasteiger partial charge in [-0.05, 0) is 61.4 Å². The van der Waals surface area contributed by atoms with Crippen LogP contribution >= 0.6 is 0 Å². The molecule has 38 heavy (non-hydrogen) atoms. The number of carbonyl (C=O) groups excluding carboxylic acids is 3. The van der Waals surface area contributed by atoms with E-state index < -0.39 is 17.8 Å². The minimum atomic E-state index is -0.485. The molecule has 1 aliphatic carbocycles. The van der Waals surface area contributed by atoms with Crippen LogP contribution in [-0.4, -0.2) is 81.0 Å². The van der Waals surface area contributed by atoms with Gasteiger partial charge in [0.2, 0.25) is 0 Å². The number of hydrogen-bond acceptors (Lipinski definition) is 8. The Balaban J connectivity index is 1.07. The molecule has 0 unspecified atom stereocenters. The van der Waals surface area contributed by atoms with Crippen molar-refractivity contribution in [3.05, 3.63) is 65.2 Å². The molecule has 3 aliphatic rings. The molecule has 10 nitrogen and oxygen atoms in total. The van der Waals surface area contributed by atoms with Crippen LogP contribution in [0.25, 0.3) is 0 Å². The first-order chi connectivity index (χ1) is 18.5. The Morgan fingerprint density at radius 2 is 1.29 bits per heavy atom. The molecule has 3 fully saturated rings. The van der Waals surface area contributed by atoms with Crippen molar-refractivity contribution in [2.24, 2.45) is 0 Å². The molecule has 2 aromatic rings. The number of anilines is 1. The van der Waals surface area contributed by atoms with Crippen LogP contribution in [0.1, 0.15) is 56.8 Å². The Bertz CT molecular complexity index is 1130. The fourth-order valence-electron chi connectivity index (χ4n) is 5.50. The third kappa shape index (κ3) is 5.82. The molecule has 0 aromatic heterocycles. The van der Waals surface area contributed by atoms with E-state index >= 15 is 0 Å². The van der Waals surface area contributed by atoms with Crippen LogP contribution < -0.4 is 15.8 Å². The molecule has 2 amide bonds. The van der Waals surface area contributed by atoms with E-state index in [0.717, 1.165) is 57.5 Å². The van der Waals surface area contributed by atoms with E-state index in [0.29, 0.717) is 35.9 Å². The van der Waals surface area contributed by atoms with Gasteiger partial charge in [-0.3, -0.25) is 25.3 Å². The van der Waals surface area contributed by atoms with Crippen molar-refractivity contribution in [2.75, 3.05) is 51.4 Å². The maximum Gasteiger partial charge on any atom is 0.337 e. The molecule has 0 atom stereocenters. The standard InChI is InChI=1S/C28H34N4O6/c1-36-27(35)22-4-2-20(3-5-22)25(33)29-30-26(34)21-6-8-23(9-7-21)31-14-16-32(17-15-31)24-10-12-28(13-11-24)37-18-19-38-28/h2-9,24H,10-19H2,1H3,(H,29,33)(H,30,34). The third-order valence-electron chi connectivity index (χ3n) is 7.71. The van der Waals surface area contributed by atoms with Crippen LogP contribution in [0.3, 0.4) is 0 Å². The molecule has 2 aromatic carbocycles. The van der Waals surface area contributed by atoms with Gasteiger partial charge in [-0.15, -0.1) is 0 Å². The molecule has 2 aliphatic heterocycles. The summed E-state index contributed by atoms with van der Waals surface area (Å²) in [5, 5.41) is 0. The fourth-order valence-corrected chi connectivity index (χ4v) is 5.50. The van der Waals surface area contributed by atoms with Crippen LogP contribution in [-0.2, 0) is 14.2 Å². The maximum absolute atomic E-state index is 12.5. The van der Waals surface area contributed by atoms with E-state index in [1.165, 1.54) is 31.4 Å². The minimum Gasteiger partial charge on any atom is -0.465 e. The van der Waals surface area contributed by atoms with E-state index in [-0.39, 0.29) is 5.79 Å². The number of esters is 1. The van der Waals surface area contributed by atoms with E-state index in [9.17, 15) is 14.4 Å². The second-order valence-corrected chi connectivity index (χ2v) is 9.89. The lowest BCUT2D eigenvalue weighted by Gasteiger charge is -2.44. The molecule has 1 spiro atoms. The van der Waals surface area contributed by atoms with Gasteiger partial charge in [0.1, 0.15) is 0 Å². The number of hydrogen-bond donors (Lipinski definition) is 2. The van der Waals surface area contributed by atoms with Gasteiger partial charge in [-0.1, -0.05) is 0 Å². The van der Waals surface area contributed by atoms with Crippen LogP contribution in [0.15, 0.2) is 48.5 Å². The average molecular weight is 523 g/mol. The number of rotatable bonds is 5. The molecule has 2 heterocycles. The lowest BCUT2D eigenvalue weighted by atomic mass is 9.88. The van der Waals surface area contributed by atoms with Crippen molar-refractivity contribution in [2.45, 2.75) is 37.5 Å². The highest BCUT2D eigenvalue weighted by Crippen LogP contribution is 2.37. The molecular formula is C28H34N4O6. The molecule has 2 saturated heterocycles. The molecule has 202 valence electrons. The summed E-state index contributed by atoms with van der Waals surface area (Å²) in [6.45, 7) is 5.32. The van der Waals surface area contributed by atoms with E-state index in [1.54, 1.807) is 12.1 Å². The zero-order valence-electron chi connectivity index (χ0n) is 21.6. The first kappa shape index (κ1) is 26.1. The second-order valence-electron chi connectivity index (χ2n) is 9.89. The molecule has 0 radical (unpaired) electrons. The van der Waals surface area contributed by atoms with Gasteiger partial charge >= 0.3 is 5.97 Å². The quantitative estimate of drug-likeness (QED) is 0.455. The largest absolute Gasteiger partial charge is 0.465 e. The molecular weight excluding hydrogens is 488 g/mol. The van der Waals surface area contributed by atoms with Crippen LogP contribution in [0.2, 0.25) is 0 Å². The van der Waals surface area contributed by atoms with Gasteiger partial charge in [0.05, 0.1) is 25.9 Å². The molecule has 1 saturated carbocycles. The Morgan fingerprint density at radius 3 is 1.82 bits per heavy atom. The van der Waals surface area contributed by atoms with Gasteiger partial charge in [0.25, 0.3) is 11.8 Å². The minimum absolute atomic E-state index is 0.306. The molecule has 2 N–H and O–H groups in total. The highest BCUT2D eigenvalue weighted by molar-refractivity contribution is 5.99. The van der Waals surface area contributed by atoms with Gasteiger partial charge in [-0.25, -0.2) is 4.79 Å². The van der Waals surface area contributed by atoms with Gasteiger partial charge in [0.15, 0.2) is 5.79 Å². The average Bonchev–Trinajstić information content (AvgIpc) is 3.43. The number of methoxy groups -OCH3 is 1. The van der Waals surface area contributed by atoms with Crippen LogP contribution in [0.4, 0.5) is 5.69 Å². The monoisotopic (exact) mass is 522 g/mol. The predicted octanol–water partition coefficient (Wildman–Crippen LogP) is 2.36. The smallest absolute Gasteiger partial charge is 0.337 e. The van der Waals surface area contributed by atoms with E-state index in [4.69, 9.17) is 9.47 Å². The Morgan fingerprint density at radius 1 is 0.789 bits per heavy atom. The number of benzene rings is 2. The maximum atomic E-state index is 12.5. The zero-order chi connectivity index (χ0) is 26.5. The summed E-state index contributed by atoms with van der Waals surface area (Å²) >= 11 is 0. The first-order valence-electron chi connectivity index (χ1n) is 13.1. The Hall–Kier alpha value is -3.47. The highest BCUT2D eigenvalue weighted by Gasteiger charge is 2.41. The van der Waals surface area contributed by atoms with Crippen LogP contribution in [0.5, 0.6) is 0 Å². The fraction of sp³-hybridized carbons (Fsp3) is 0.464. The number of hydrazine groups is 1. The van der Waals surface area contributed by atoms with E-state index in [1.807, 2.05) is 12.1 Å². The van der Waals surface area contributed by atoms with Crippen molar-refractivity contribution in [1.82, 2.24) is 15.8 Å². The van der Waals surface area contributed by atoms with Gasteiger partial charge in [-0.2, -0.15) is 0 Å². The Kier molecular flexibility index (Phi) is 7.92. The first-order valence-corrected chi connectivity index (χ1v) is 13.1. The lowest BCUT2D eigenvalue weighted by molar-refractivity contribution is -0.184. The van der Waals surface area contributed by atoms with Crippen molar-refractivity contribution < 1.29 is 28.6 Å². The van der Waals surface area contributed by atoms with E-state index in [2.05, 4.69) is 25.4 Å². The summed E-state index contributed by atoms with van der Waals surface area (Å²) in [5.41, 5.74) is 7.01. The highest BCUT2D eigenvalue weighted by atomic mass is 16.7. The molecule has 0 bridgehead atoms. The summed E-state index contributed by atoms with van der Waals surface area (Å²) < 4.78 is 16.4. The van der Waals surface area contributed by atoms with Gasteiger partial charge in [0, 0.05) is 61.9 Å². The number of carbonyl (C=O) groups is 3. The SMILES string of the molecule is COC(=O)c1ccc(C(=O)NNC(=O)c2ccc(N3CCN(C4CCC5(CC4)OCCO5)CC3)cc2)cc1. The van der Waals surface area contributed by atoms with Crippen molar-refractivity contribution in [3.8, 4) is 0 Å². The molecule has 5 rings (SSSR count). The predicted molar refractivity (Wildman–Crippen MR) is 140 cm³/mol. The second kappa shape index (κ2) is 11.5. The number of amides is 2. The topological polar surface area (TPSA) is 109 Å². The van der Waals surface area contributed by atoms with Crippen molar-refractivity contribution >= 4 is 23.5 Å². The number of ether oxygens (including phenoxy) is 3. The zero-order valence-corrected chi connectivity index (χ0v) is 21.6.